The van der Waals surface area contributed by atoms with Crippen molar-refractivity contribution in [3.05, 3.63) is 29.6 Å². The normalized spacial score (nSPS) is 10.4. The molecule has 4 nitrogen and oxygen atoms in total. The van der Waals surface area contributed by atoms with Crippen LogP contribution in [0.3, 0.4) is 0 Å². The number of carbonyl (C=O) groups is 1. The molecular formula is C13H20FN3O. The first-order chi connectivity index (χ1) is 8.58. The largest absolute Gasteiger partial charge is 0.368 e. The van der Waals surface area contributed by atoms with E-state index in [-0.39, 0.29) is 12.4 Å². The minimum Gasteiger partial charge on any atom is -0.368 e. The zero-order valence-electron chi connectivity index (χ0n) is 10.9. The van der Waals surface area contributed by atoms with Crippen molar-refractivity contribution in [2.45, 2.75) is 20.4 Å². The lowest BCUT2D eigenvalue weighted by molar-refractivity contribution is -0.116. The molecule has 3 N–H and O–H groups in total. The number of hydrogen-bond donors (Lipinski definition) is 2. The fraction of sp³-hybridized carbons (Fsp3) is 0.462. The number of anilines is 1. The molecule has 100 valence electrons. The number of amides is 1. The Balaban J connectivity index is 2.99. The van der Waals surface area contributed by atoms with E-state index in [0.717, 1.165) is 17.8 Å². The number of halogens is 1. The van der Waals surface area contributed by atoms with Crippen LogP contribution in [0.5, 0.6) is 0 Å². The lowest BCUT2D eigenvalue weighted by Crippen LogP contribution is -2.34. The van der Waals surface area contributed by atoms with Crippen molar-refractivity contribution in [3.8, 4) is 0 Å². The molecule has 1 aromatic carbocycles. The molecule has 0 bridgehead atoms. The number of nitrogens with zero attached hydrogens (tertiary/aromatic N) is 1. The Morgan fingerprint density at radius 3 is 2.72 bits per heavy atom. The Labute approximate surface area is 107 Å². The van der Waals surface area contributed by atoms with Crippen LogP contribution >= 0.6 is 0 Å². The van der Waals surface area contributed by atoms with Crippen LogP contribution in [0.4, 0.5) is 10.1 Å². The van der Waals surface area contributed by atoms with Gasteiger partial charge in [-0.15, -0.1) is 0 Å². The molecular weight excluding hydrogens is 233 g/mol. The molecule has 0 unspecified atom stereocenters. The molecule has 0 atom stereocenters. The van der Waals surface area contributed by atoms with Gasteiger partial charge >= 0.3 is 0 Å². The molecule has 0 aromatic heterocycles. The summed E-state index contributed by atoms with van der Waals surface area (Å²) in [6, 6.07) is 4.57. The van der Waals surface area contributed by atoms with Gasteiger partial charge < -0.3 is 16.0 Å². The number of benzene rings is 1. The third-order valence-electron chi connectivity index (χ3n) is 2.68. The smallest absolute Gasteiger partial charge is 0.236 e. The predicted molar refractivity (Wildman–Crippen MR) is 70.9 cm³/mol. The fourth-order valence-electron chi connectivity index (χ4n) is 1.82. The van der Waals surface area contributed by atoms with Gasteiger partial charge in [0.15, 0.2) is 0 Å². The number of rotatable bonds is 7. The highest BCUT2D eigenvalue weighted by molar-refractivity contribution is 5.79. The van der Waals surface area contributed by atoms with Gasteiger partial charge in [-0.05, 0) is 37.2 Å². The minimum atomic E-state index is -0.393. The van der Waals surface area contributed by atoms with E-state index in [0.29, 0.717) is 13.1 Å². The summed E-state index contributed by atoms with van der Waals surface area (Å²) in [6.07, 6.45) is 0. The van der Waals surface area contributed by atoms with Crippen molar-refractivity contribution >= 4 is 11.6 Å². The molecule has 0 aliphatic heterocycles. The number of nitrogens with one attached hydrogen (secondary N) is 1. The summed E-state index contributed by atoms with van der Waals surface area (Å²) in [7, 11) is 0. The van der Waals surface area contributed by atoms with Crippen LogP contribution in [0.15, 0.2) is 18.2 Å². The summed E-state index contributed by atoms with van der Waals surface area (Å²) in [5.41, 5.74) is 6.90. The van der Waals surface area contributed by atoms with Gasteiger partial charge in [-0.25, -0.2) is 4.39 Å². The second-order valence-electron chi connectivity index (χ2n) is 4.03. The summed E-state index contributed by atoms with van der Waals surface area (Å²) in [4.78, 5) is 12.9. The first kappa shape index (κ1) is 14.4. The molecule has 18 heavy (non-hydrogen) atoms. The molecule has 0 saturated carbocycles. The maximum absolute atomic E-state index is 13.3. The molecule has 1 amide bonds. The molecule has 1 aromatic rings. The zero-order valence-corrected chi connectivity index (χ0v) is 10.9. The molecule has 0 heterocycles. The number of hydrogen-bond acceptors (Lipinski definition) is 3. The third kappa shape index (κ3) is 4.00. The highest BCUT2D eigenvalue weighted by atomic mass is 19.1. The monoisotopic (exact) mass is 253 g/mol. The van der Waals surface area contributed by atoms with E-state index in [1.807, 2.05) is 18.7 Å². The van der Waals surface area contributed by atoms with E-state index in [9.17, 15) is 9.18 Å². The molecule has 0 spiro atoms. The number of carbonyl (C=O) groups excluding carboxylic acids is 1. The van der Waals surface area contributed by atoms with Crippen molar-refractivity contribution < 1.29 is 9.18 Å². The molecule has 0 saturated heterocycles. The summed E-state index contributed by atoms with van der Waals surface area (Å²) in [5, 5.41) is 3.15. The van der Waals surface area contributed by atoms with Crippen LogP contribution in [0.25, 0.3) is 0 Å². The summed E-state index contributed by atoms with van der Waals surface area (Å²) in [5.74, 6) is -0.669. The molecule has 0 aliphatic rings. The average Bonchev–Trinajstić information content (AvgIpc) is 2.33. The maximum Gasteiger partial charge on any atom is 0.236 e. The lowest BCUT2D eigenvalue weighted by atomic mass is 10.1. The first-order valence-corrected chi connectivity index (χ1v) is 6.10. The lowest BCUT2D eigenvalue weighted by Gasteiger charge is -2.24. The van der Waals surface area contributed by atoms with E-state index in [2.05, 4.69) is 5.32 Å². The number of likely N-dealkylation sites (N-methyl/N-ethyl adjacent to an activating group) is 1. The third-order valence-corrected chi connectivity index (χ3v) is 2.68. The second-order valence-corrected chi connectivity index (χ2v) is 4.03. The Kier molecular flexibility index (Phi) is 5.58. The van der Waals surface area contributed by atoms with Crippen molar-refractivity contribution in [1.82, 2.24) is 5.32 Å². The fourth-order valence-corrected chi connectivity index (χ4v) is 1.82. The van der Waals surface area contributed by atoms with Crippen molar-refractivity contribution in [2.75, 3.05) is 24.5 Å². The maximum atomic E-state index is 13.3. The van der Waals surface area contributed by atoms with Gasteiger partial charge in [-0.3, -0.25) is 4.79 Å². The quantitative estimate of drug-likeness (QED) is 0.769. The van der Waals surface area contributed by atoms with Crippen LogP contribution in [0.2, 0.25) is 0 Å². The minimum absolute atomic E-state index is 0.140. The molecule has 0 radical (unpaired) electrons. The van der Waals surface area contributed by atoms with E-state index in [4.69, 9.17) is 5.73 Å². The Hall–Kier alpha value is -1.62. The molecule has 1 rings (SSSR count). The van der Waals surface area contributed by atoms with Crippen LogP contribution in [0.1, 0.15) is 19.4 Å². The van der Waals surface area contributed by atoms with Crippen molar-refractivity contribution in [3.63, 3.8) is 0 Å². The topological polar surface area (TPSA) is 58.4 Å². The van der Waals surface area contributed by atoms with E-state index < -0.39 is 5.91 Å². The second kappa shape index (κ2) is 6.96. The zero-order chi connectivity index (χ0) is 13.5. The Morgan fingerprint density at radius 1 is 1.44 bits per heavy atom. The van der Waals surface area contributed by atoms with Gasteiger partial charge in [-0.2, -0.15) is 0 Å². The van der Waals surface area contributed by atoms with Gasteiger partial charge in [-0.1, -0.05) is 6.92 Å². The molecule has 0 fully saturated rings. The Morgan fingerprint density at radius 2 is 2.17 bits per heavy atom. The van der Waals surface area contributed by atoms with Crippen LogP contribution in [-0.2, 0) is 11.3 Å². The standard InChI is InChI=1S/C13H20FN3O/c1-3-16-8-10-7-11(14)5-6-12(10)17(4-2)9-13(15)18/h5-7,16H,3-4,8-9H2,1-2H3,(H2,15,18). The van der Waals surface area contributed by atoms with E-state index in [1.165, 1.54) is 12.1 Å². The first-order valence-electron chi connectivity index (χ1n) is 6.10. The molecule has 0 aliphatic carbocycles. The number of primary amides is 1. The SMILES string of the molecule is CCNCc1cc(F)ccc1N(CC)CC(N)=O. The van der Waals surface area contributed by atoms with Gasteiger partial charge in [0.2, 0.25) is 5.91 Å². The summed E-state index contributed by atoms with van der Waals surface area (Å²) in [6.45, 7) is 6.08. The average molecular weight is 253 g/mol. The van der Waals surface area contributed by atoms with Crippen LogP contribution in [-0.4, -0.2) is 25.5 Å². The summed E-state index contributed by atoms with van der Waals surface area (Å²) < 4.78 is 13.3. The predicted octanol–water partition coefficient (Wildman–Crippen LogP) is 1.25. The van der Waals surface area contributed by atoms with E-state index in [1.54, 1.807) is 6.07 Å². The van der Waals surface area contributed by atoms with Gasteiger partial charge in [0.05, 0.1) is 6.54 Å². The molecule has 5 heteroatoms. The van der Waals surface area contributed by atoms with Gasteiger partial charge in [0.25, 0.3) is 0 Å². The van der Waals surface area contributed by atoms with Gasteiger partial charge in [0.1, 0.15) is 5.82 Å². The van der Waals surface area contributed by atoms with Crippen molar-refractivity contribution in [2.24, 2.45) is 5.73 Å². The van der Waals surface area contributed by atoms with Gasteiger partial charge in [0, 0.05) is 18.8 Å². The van der Waals surface area contributed by atoms with Crippen LogP contribution < -0.4 is 16.0 Å². The van der Waals surface area contributed by atoms with E-state index >= 15 is 0 Å². The number of nitrogens with two attached hydrogens (primary N) is 1. The summed E-state index contributed by atoms with van der Waals surface area (Å²) >= 11 is 0. The highest BCUT2D eigenvalue weighted by Gasteiger charge is 2.12. The Bertz CT molecular complexity index is 409. The van der Waals surface area contributed by atoms with Crippen molar-refractivity contribution in [1.29, 1.82) is 0 Å². The highest BCUT2D eigenvalue weighted by Crippen LogP contribution is 2.21. The van der Waals surface area contributed by atoms with Crippen LogP contribution in [0, 0.1) is 5.82 Å².